The Morgan fingerprint density at radius 2 is 1.86 bits per heavy atom. The Bertz CT molecular complexity index is 710. The number of nitro groups is 1. The molecule has 0 radical (unpaired) electrons. The Labute approximate surface area is 135 Å². The molecule has 5 nitrogen and oxygen atoms in total. The lowest BCUT2D eigenvalue weighted by molar-refractivity contribution is -0.384. The molecule has 0 saturated carbocycles. The summed E-state index contributed by atoms with van der Waals surface area (Å²) in [5.41, 5.74) is 0.916. The summed E-state index contributed by atoms with van der Waals surface area (Å²) in [6.45, 7) is 0. The SMILES string of the molecule is O=C(C/C=C/c1ccccc1Br)Oc1ccc([N+](=O)[O-])cc1. The van der Waals surface area contributed by atoms with E-state index in [1.807, 2.05) is 30.3 Å². The third kappa shape index (κ3) is 4.53. The van der Waals surface area contributed by atoms with Gasteiger partial charge in [-0.25, -0.2) is 0 Å². The quantitative estimate of drug-likeness (QED) is 0.343. The van der Waals surface area contributed by atoms with Gasteiger partial charge in [0.05, 0.1) is 11.3 Å². The van der Waals surface area contributed by atoms with Gasteiger partial charge in [0.25, 0.3) is 5.69 Å². The number of ether oxygens (including phenoxy) is 1. The molecule has 0 N–H and O–H groups in total. The molecule has 0 heterocycles. The van der Waals surface area contributed by atoms with Gasteiger partial charge in [-0.15, -0.1) is 0 Å². The maximum atomic E-state index is 11.7. The molecule has 0 atom stereocenters. The lowest BCUT2D eigenvalue weighted by Gasteiger charge is -2.02. The largest absolute Gasteiger partial charge is 0.426 e. The monoisotopic (exact) mass is 361 g/mol. The van der Waals surface area contributed by atoms with Crippen LogP contribution >= 0.6 is 15.9 Å². The second-order valence-electron chi connectivity index (χ2n) is 4.35. The van der Waals surface area contributed by atoms with Crippen LogP contribution in [0.2, 0.25) is 0 Å². The molecule has 0 bridgehead atoms. The van der Waals surface area contributed by atoms with Gasteiger partial charge in [0.2, 0.25) is 0 Å². The maximum Gasteiger partial charge on any atom is 0.315 e. The van der Waals surface area contributed by atoms with E-state index in [0.29, 0.717) is 0 Å². The van der Waals surface area contributed by atoms with Crippen LogP contribution in [0.4, 0.5) is 5.69 Å². The number of rotatable bonds is 5. The Morgan fingerprint density at radius 1 is 1.18 bits per heavy atom. The molecule has 22 heavy (non-hydrogen) atoms. The standard InChI is InChI=1S/C16H12BrNO4/c17-15-6-2-1-4-12(15)5-3-7-16(19)22-14-10-8-13(9-11-14)18(20)21/h1-6,8-11H,7H2/b5-3+. The van der Waals surface area contributed by atoms with E-state index in [4.69, 9.17) is 4.74 Å². The molecule has 6 heteroatoms. The Hall–Kier alpha value is -2.47. The molecule has 0 unspecified atom stereocenters. The summed E-state index contributed by atoms with van der Waals surface area (Å²) in [7, 11) is 0. The first kappa shape index (κ1) is 15.9. The number of benzene rings is 2. The molecule has 0 aromatic heterocycles. The minimum Gasteiger partial charge on any atom is -0.426 e. The van der Waals surface area contributed by atoms with Gasteiger partial charge in [-0.3, -0.25) is 14.9 Å². The fourth-order valence-corrected chi connectivity index (χ4v) is 2.12. The van der Waals surface area contributed by atoms with Crippen molar-refractivity contribution in [3.63, 3.8) is 0 Å². The number of nitro benzene ring substituents is 1. The third-order valence-electron chi connectivity index (χ3n) is 2.77. The Morgan fingerprint density at radius 3 is 2.50 bits per heavy atom. The van der Waals surface area contributed by atoms with Crippen LogP contribution < -0.4 is 4.74 Å². The molecule has 2 aromatic rings. The Balaban J connectivity index is 1.90. The van der Waals surface area contributed by atoms with Crippen molar-refractivity contribution in [3.8, 4) is 5.75 Å². The number of hydrogen-bond acceptors (Lipinski definition) is 4. The summed E-state index contributed by atoms with van der Waals surface area (Å²) in [5, 5.41) is 10.5. The molecular weight excluding hydrogens is 350 g/mol. The van der Waals surface area contributed by atoms with E-state index in [0.717, 1.165) is 10.0 Å². The zero-order chi connectivity index (χ0) is 15.9. The molecule has 0 aliphatic rings. The van der Waals surface area contributed by atoms with Gasteiger partial charge in [0, 0.05) is 16.6 Å². The lowest BCUT2D eigenvalue weighted by Crippen LogP contribution is -2.06. The zero-order valence-corrected chi connectivity index (χ0v) is 13.0. The van der Waals surface area contributed by atoms with Gasteiger partial charge in [-0.05, 0) is 23.8 Å². The van der Waals surface area contributed by atoms with Crippen LogP contribution in [-0.2, 0) is 4.79 Å². The number of nitrogens with zero attached hydrogens (tertiary/aromatic N) is 1. The number of carbonyl (C=O) groups excluding carboxylic acids is 1. The van der Waals surface area contributed by atoms with Crippen molar-refractivity contribution in [1.29, 1.82) is 0 Å². The van der Waals surface area contributed by atoms with Gasteiger partial charge in [0.15, 0.2) is 0 Å². The number of carbonyl (C=O) groups is 1. The van der Waals surface area contributed by atoms with Gasteiger partial charge in [0.1, 0.15) is 5.75 Å². The Kier molecular flexibility index (Phi) is 5.43. The predicted octanol–water partition coefficient (Wildman–Crippen LogP) is 4.37. The van der Waals surface area contributed by atoms with Crippen LogP contribution in [0, 0.1) is 10.1 Å². The molecule has 2 aromatic carbocycles. The van der Waals surface area contributed by atoms with Crippen molar-refractivity contribution < 1.29 is 14.5 Å². The fraction of sp³-hybridized carbons (Fsp3) is 0.0625. The lowest BCUT2D eigenvalue weighted by atomic mass is 10.2. The molecule has 112 valence electrons. The first-order chi connectivity index (χ1) is 10.6. The molecule has 0 amide bonds. The topological polar surface area (TPSA) is 69.4 Å². The maximum absolute atomic E-state index is 11.7. The molecule has 0 fully saturated rings. The van der Waals surface area contributed by atoms with Crippen molar-refractivity contribution in [3.05, 3.63) is 74.8 Å². The number of hydrogen-bond donors (Lipinski definition) is 0. The smallest absolute Gasteiger partial charge is 0.315 e. The highest BCUT2D eigenvalue weighted by molar-refractivity contribution is 9.10. The van der Waals surface area contributed by atoms with Gasteiger partial charge in [-0.2, -0.15) is 0 Å². The highest BCUT2D eigenvalue weighted by Crippen LogP contribution is 2.19. The van der Waals surface area contributed by atoms with Gasteiger partial charge >= 0.3 is 5.97 Å². The van der Waals surface area contributed by atoms with E-state index in [9.17, 15) is 14.9 Å². The van der Waals surface area contributed by atoms with Crippen LogP contribution in [0.15, 0.2) is 59.1 Å². The average molecular weight is 362 g/mol. The van der Waals surface area contributed by atoms with Crippen molar-refractivity contribution in [2.75, 3.05) is 0 Å². The molecule has 0 aliphatic carbocycles. The number of halogens is 1. The highest BCUT2D eigenvalue weighted by atomic mass is 79.9. The first-order valence-corrected chi connectivity index (χ1v) is 7.22. The second-order valence-corrected chi connectivity index (χ2v) is 5.21. The molecule has 2 rings (SSSR count). The van der Waals surface area contributed by atoms with E-state index in [2.05, 4.69) is 15.9 Å². The average Bonchev–Trinajstić information content (AvgIpc) is 2.50. The van der Waals surface area contributed by atoms with Crippen molar-refractivity contribution in [2.24, 2.45) is 0 Å². The van der Waals surface area contributed by atoms with Crippen LogP contribution in [0.3, 0.4) is 0 Å². The number of esters is 1. The van der Waals surface area contributed by atoms with E-state index in [1.54, 1.807) is 6.08 Å². The minimum absolute atomic E-state index is 0.0476. The minimum atomic E-state index is -0.508. The summed E-state index contributed by atoms with van der Waals surface area (Å²) < 4.78 is 6.03. The fourth-order valence-electron chi connectivity index (χ4n) is 1.70. The van der Waals surface area contributed by atoms with E-state index in [-0.39, 0.29) is 17.9 Å². The van der Waals surface area contributed by atoms with Crippen molar-refractivity contribution in [2.45, 2.75) is 6.42 Å². The van der Waals surface area contributed by atoms with Crippen molar-refractivity contribution >= 4 is 33.7 Å². The number of non-ortho nitro benzene ring substituents is 1. The summed E-state index contributed by atoms with van der Waals surface area (Å²) in [4.78, 5) is 21.7. The summed E-state index contributed by atoms with van der Waals surface area (Å²) >= 11 is 3.41. The molecular formula is C16H12BrNO4. The summed E-state index contributed by atoms with van der Waals surface area (Å²) in [5.74, 6) is -0.151. The first-order valence-electron chi connectivity index (χ1n) is 6.42. The van der Waals surface area contributed by atoms with Crippen molar-refractivity contribution in [1.82, 2.24) is 0 Å². The molecule has 0 aliphatic heterocycles. The summed E-state index contributed by atoms with van der Waals surface area (Å²) in [6, 6.07) is 13.0. The second kappa shape index (κ2) is 7.51. The van der Waals surface area contributed by atoms with Crippen LogP contribution in [0.5, 0.6) is 5.75 Å². The van der Waals surface area contributed by atoms with Gasteiger partial charge in [-0.1, -0.05) is 46.3 Å². The van der Waals surface area contributed by atoms with Crippen LogP contribution in [0.1, 0.15) is 12.0 Å². The van der Waals surface area contributed by atoms with E-state index >= 15 is 0 Å². The van der Waals surface area contributed by atoms with Crippen LogP contribution in [0.25, 0.3) is 6.08 Å². The van der Waals surface area contributed by atoms with E-state index < -0.39 is 10.9 Å². The zero-order valence-electron chi connectivity index (χ0n) is 11.4. The predicted molar refractivity (Wildman–Crippen MR) is 86.5 cm³/mol. The normalized spacial score (nSPS) is 10.6. The highest BCUT2D eigenvalue weighted by Gasteiger charge is 2.07. The van der Waals surface area contributed by atoms with Gasteiger partial charge < -0.3 is 4.74 Å². The third-order valence-corrected chi connectivity index (χ3v) is 3.49. The molecule has 0 spiro atoms. The van der Waals surface area contributed by atoms with E-state index in [1.165, 1.54) is 24.3 Å². The summed E-state index contributed by atoms with van der Waals surface area (Å²) in [6.07, 6.45) is 3.63. The molecule has 0 saturated heterocycles. The van der Waals surface area contributed by atoms with Crippen LogP contribution in [-0.4, -0.2) is 10.9 Å².